The second-order valence-electron chi connectivity index (χ2n) is 20.3. The molecule has 3 fully saturated rings. The zero-order valence-electron chi connectivity index (χ0n) is 44.7. The Kier molecular flexibility index (Phi) is 20.2. The summed E-state index contributed by atoms with van der Waals surface area (Å²) in [5.41, 5.74) is 5.23. The van der Waals surface area contributed by atoms with Crippen molar-refractivity contribution < 1.29 is 58.6 Å². The molecule has 4 aromatic rings. The van der Waals surface area contributed by atoms with E-state index < -0.39 is 104 Å². The highest BCUT2D eigenvalue weighted by molar-refractivity contribution is 8.03. The van der Waals surface area contributed by atoms with Crippen molar-refractivity contribution in [2.24, 2.45) is 5.73 Å². The van der Waals surface area contributed by atoms with E-state index in [4.69, 9.17) is 112 Å². The topological polar surface area (TPSA) is 315 Å². The predicted octanol–water partition coefficient (Wildman–Crippen LogP) is 6.45. The number of fused-ring (bicyclic) bond motifs is 3. The standard InChI is InChI=1S/C53H43Cl6N11O11S7/c54-28-8-20(9-29(55)61-28)14-34(82)64-37-43(71)68-40(50(76)77)24(17-85-46(37)68)53(88-23-3-6-67(7-4-23)5-1-2-27(60)49(74)75,25-18-86-47-38(44(72)69(47)41(25)51(78)79)65-35(83)15-21-10-30(56)62-31(57)11-21)26-19-87-48-39(45(73)70(48)42(26)52(80)81)66-36(84)16-22-12-32(58)63-33(59)13-22/h3-4,6-13,27,37-39,46-48H,1-2,5,14-19,60H2,(H6-,64,65,66,74,75,76,77,78,79,80,81,82,83,84)/p+1/t27-,37?,38?,39?,46+,47+,48+,53?/m0/s1. The Bertz CT molecular complexity index is 3430. The van der Waals surface area contributed by atoms with E-state index in [1.165, 1.54) is 36.4 Å². The highest BCUT2D eigenvalue weighted by Gasteiger charge is 2.64. The van der Waals surface area contributed by atoms with E-state index in [1.807, 2.05) is 0 Å². The smallest absolute Gasteiger partial charge is 0.352 e. The van der Waals surface area contributed by atoms with Gasteiger partial charge >= 0.3 is 23.9 Å². The molecule has 88 heavy (non-hydrogen) atoms. The number of carboxylic acid groups (broad SMARTS) is 4. The van der Waals surface area contributed by atoms with Gasteiger partial charge in [0.1, 0.15) is 94.8 Å². The number of pyridine rings is 4. The number of carbonyl (C=O) groups is 7. The van der Waals surface area contributed by atoms with E-state index in [0.717, 1.165) is 61.7 Å². The lowest BCUT2D eigenvalue weighted by Gasteiger charge is -2.57. The van der Waals surface area contributed by atoms with Gasteiger partial charge in [-0.3, -0.25) is 33.9 Å². The number of carbonyl (C=O) groups excluding carboxylic acids is 3. The van der Waals surface area contributed by atoms with Crippen molar-refractivity contribution in [3.8, 4) is 0 Å². The second-order valence-corrected chi connectivity index (χ2v) is 28.7. The van der Waals surface area contributed by atoms with Gasteiger partial charge in [0.2, 0.25) is 0 Å². The number of thiocarbonyl (C=S) groups is 3. The molecule has 0 aliphatic carbocycles. The molecule has 0 aromatic carbocycles. The third-order valence-corrected chi connectivity index (χ3v) is 22.0. The fraction of sp³-hybridized carbons (Fsp3) is 0.321. The minimum Gasteiger partial charge on any atom is -0.480 e. The summed E-state index contributed by atoms with van der Waals surface area (Å²) in [6.07, 6.45) is 3.93. The number of halogens is 6. The average Bonchev–Trinajstić information content (AvgIpc) is 0.707. The number of hydrogen-bond acceptors (Lipinski definition) is 18. The summed E-state index contributed by atoms with van der Waals surface area (Å²) in [6.45, 7) is 0.293. The Morgan fingerprint density at radius 3 is 1.18 bits per heavy atom. The number of rotatable bonds is 22. The first-order chi connectivity index (χ1) is 41.7. The third kappa shape index (κ3) is 13.3. The lowest BCUT2D eigenvalue weighted by molar-refractivity contribution is -0.697. The van der Waals surface area contributed by atoms with Crippen LogP contribution in [0.1, 0.15) is 29.5 Å². The van der Waals surface area contributed by atoms with Gasteiger partial charge in [0.25, 0.3) is 17.7 Å². The fourth-order valence-corrected chi connectivity index (χ4v) is 19.4. The Labute approximate surface area is 563 Å². The number of aliphatic carboxylic acids is 4. The highest BCUT2D eigenvalue weighted by Crippen LogP contribution is 2.61. The molecule has 22 nitrogen and oxygen atoms in total. The van der Waals surface area contributed by atoms with E-state index in [-0.39, 0.29) is 106 Å². The van der Waals surface area contributed by atoms with E-state index in [1.54, 1.807) is 29.1 Å². The molecule has 0 spiro atoms. The van der Waals surface area contributed by atoms with E-state index in [9.17, 15) is 54.0 Å². The number of β-lactam (4-membered cyclic amide) rings is 3. The van der Waals surface area contributed by atoms with Crippen molar-refractivity contribution in [1.82, 2.24) is 45.6 Å². The van der Waals surface area contributed by atoms with Crippen LogP contribution in [0.5, 0.6) is 0 Å². The van der Waals surface area contributed by atoms with Crippen LogP contribution in [-0.4, -0.2) is 169 Å². The minimum atomic E-state index is -2.29. The molecule has 7 atom stereocenters. The van der Waals surface area contributed by atoms with E-state index in [2.05, 4.69) is 30.9 Å². The Balaban J connectivity index is 1.11. The van der Waals surface area contributed by atoms with Crippen LogP contribution in [0.4, 0.5) is 0 Å². The van der Waals surface area contributed by atoms with Gasteiger partial charge < -0.3 is 42.1 Å². The first kappa shape index (κ1) is 65.8. The summed E-state index contributed by atoms with van der Waals surface area (Å²) < 4.78 is -0.564. The number of carboxylic acids is 4. The summed E-state index contributed by atoms with van der Waals surface area (Å²) in [7, 11) is 0. The molecule has 0 saturated carbocycles. The lowest BCUT2D eigenvalue weighted by Crippen LogP contribution is -2.72. The Morgan fingerprint density at radius 1 is 0.591 bits per heavy atom. The molecule has 0 bridgehead atoms. The van der Waals surface area contributed by atoms with Crippen molar-refractivity contribution >= 4 is 210 Å². The van der Waals surface area contributed by atoms with Gasteiger partial charge in [-0.1, -0.05) is 106 Å². The molecule has 3 amide bonds. The Hall–Kier alpha value is -5.12. The van der Waals surface area contributed by atoms with Gasteiger partial charge in [-0.05, 0) is 76.2 Å². The molecule has 3 unspecified atom stereocenters. The van der Waals surface area contributed by atoms with Crippen LogP contribution in [0, 0.1) is 0 Å². The fourth-order valence-electron chi connectivity index (χ4n) is 10.9. The SMILES string of the molecule is N[C@@H](CCC[n+]1ccc(SC(C2=C(C(=O)O)N3C(=O)C(NC(=S)Cc4cc(Cl)nc(Cl)c4)[C@H]3SC2)(C2=C(C(=O)O)N3C(=O)C(NC(=S)Cc4cc(Cl)nc(Cl)c4)[C@H]3SC2)C2=C(C(=O)O)N3C(=O)C(NC(=S)Cc4cc(Cl)nc(Cl)c4)[C@H]3SC2)cc1)C(=O)O. The van der Waals surface area contributed by atoms with Gasteiger partial charge in [0, 0.05) is 60.0 Å². The van der Waals surface area contributed by atoms with Crippen molar-refractivity contribution in [2.75, 3.05) is 17.3 Å². The summed E-state index contributed by atoms with van der Waals surface area (Å²) in [4.78, 5) is 115. The molecular weight excluding hydrogens is 1400 g/mol. The van der Waals surface area contributed by atoms with Crippen LogP contribution >= 0.6 is 153 Å². The van der Waals surface area contributed by atoms with Crippen LogP contribution in [-0.2, 0) is 59.4 Å². The van der Waals surface area contributed by atoms with Crippen LogP contribution in [0.2, 0.25) is 30.9 Å². The highest BCUT2D eigenvalue weighted by atomic mass is 35.5. The molecule has 0 radical (unpaired) electrons. The summed E-state index contributed by atoms with van der Waals surface area (Å²) in [6, 6.07) is 8.05. The normalized spacial score (nSPS) is 22.3. The largest absolute Gasteiger partial charge is 0.480 e. The predicted molar refractivity (Wildman–Crippen MR) is 346 cm³/mol. The van der Waals surface area contributed by atoms with Gasteiger partial charge in [-0.25, -0.2) is 33.9 Å². The molecule has 3 saturated heterocycles. The molecule has 4 aromatic heterocycles. The molecule has 460 valence electrons. The summed E-state index contributed by atoms with van der Waals surface area (Å²) in [5.74, 6) is -9.28. The summed E-state index contributed by atoms with van der Waals surface area (Å²) >= 11 is 58.2. The number of aromatic nitrogens is 4. The van der Waals surface area contributed by atoms with Gasteiger partial charge in [0.15, 0.2) is 12.4 Å². The molecular formula is C53H44Cl6N11O11S7+. The van der Waals surface area contributed by atoms with Gasteiger partial charge in [-0.15, -0.1) is 47.0 Å². The Morgan fingerprint density at radius 2 is 0.898 bits per heavy atom. The zero-order chi connectivity index (χ0) is 63.4. The number of hydrogen-bond donors (Lipinski definition) is 8. The molecule has 35 heteroatoms. The number of nitrogens with two attached hydrogens (primary N) is 1. The second kappa shape index (κ2) is 27.0. The maximum atomic E-state index is 14.8. The van der Waals surface area contributed by atoms with Crippen molar-refractivity contribution in [3.05, 3.63) is 142 Å². The first-order valence-corrected chi connectivity index (χ1v) is 33.4. The number of thioether (sulfide) groups is 4. The van der Waals surface area contributed by atoms with Crippen molar-refractivity contribution in [2.45, 2.75) is 88.6 Å². The van der Waals surface area contributed by atoms with Crippen LogP contribution in [0.25, 0.3) is 0 Å². The minimum absolute atomic E-state index is 0.0608. The molecule has 9 N–H and O–H groups in total. The molecule has 10 heterocycles. The lowest BCUT2D eigenvalue weighted by atomic mass is 9.79. The number of nitrogens with one attached hydrogen (secondary N) is 3. The number of nitrogens with zero attached hydrogens (tertiary/aromatic N) is 7. The first-order valence-electron chi connectivity index (χ1n) is 26.0. The maximum Gasteiger partial charge on any atom is 0.352 e. The van der Waals surface area contributed by atoms with Crippen LogP contribution < -0.4 is 26.3 Å². The van der Waals surface area contributed by atoms with Crippen molar-refractivity contribution in [1.29, 1.82) is 0 Å². The quantitative estimate of drug-likeness (QED) is 0.0138. The number of amides is 3. The molecule has 10 rings (SSSR count). The monoisotopic (exact) mass is 1440 g/mol. The number of aryl methyl sites for hydroxylation is 1. The van der Waals surface area contributed by atoms with Gasteiger partial charge in [0.05, 0.1) is 19.7 Å². The van der Waals surface area contributed by atoms with Crippen molar-refractivity contribution in [3.63, 3.8) is 0 Å². The zero-order valence-corrected chi connectivity index (χ0v) is 54.9. The van der Waals surface area contributed by atoms with Gasteiger partial charge in [-0.2, -0.15) is 0 Å². The maximum absolute atomic E-state index is 14.8. The van der Waals surface area contributed by atoms with Crippen LogP contribution in [0.3, 0.4) is 0 Å². The van der Waals surface area contributed by atoms with E-state index >= 15 is 0 Å². The molecule has 6 aliphatic heterocycles. The van der Waals surface area contributed by atoms with E-state index in [0.29, 0.717) is 34.6 Å². The third-order valence-electron chi connectivity index (χ3n) is 14.7. The van der Waals surface area contributed by atoms with Crippen LogP contribution in [0.15, 0.2) is 99.6 Å². The molecule has 6 aliphatic rings. The summed E-state index contributed by atoms with van der Waals surface area (Å²) in [5, 5.41) is 51.3. The average molecular weight is 1450 g/mol.